The fourth-order valence-electron chi connectivity index (χ4n) is 7.66. The lowest BCUT2D eigenvalue weighted by Crippen LogP contribution is -2.35. The molecule has 0 unspecified atom stereocenters. The van der Waals surface area contributed by atoms with Crippen LogP contribution in [0.2, 0.25) is 0 Å². The Kier molecular flexibility index (Phi) is 19.2. The molecule has 0 heterocycles. The zero-order valence-electron chi connectivity index (χ0n) is 37.7. The van der Waals surface area contributed by atoms with Crippen molar-refractivity contribution < 1.29 is 15.0 Å². The average molecular weight is 748 g/mol. The van der Waals surface area contributed by atoms with Crippen molar-refractivity contribution in [2.45, 2.75) is 227 Å². The summed E-state index contributed by atoms with van der Waals surface area (Å²) in [4.78, 5) is 16.1. The van der Waals surface area contributed by atoms with Crippen LogP contribution in [0.25, 0.3) is 0 Å². The molecule has 2 aromatic carbocycles. The van der Waals surface area contributed by atoms with Gasteiger partial charge in [-0.25, -0.2) is 0 Å². The van der Waals surface area contributed by atoms with Crippen molar-refractivity contribution in [2.24, 2.45) is 0 Å². The number of rotatable bonds is 22. The summed E-state index contributed by atoms with van der Waals surface area (Å²) in [5.74, 6) is 1.04. The minimum atomic E-state index is -0.197. The van der Waals surface area contributed by atoms with Gasteiger partial charge in [0.05, 0.1) is 0 Å². The molecule has 0 fully saturated rings. The van der Waals surface area contributed by atoms with Crippen LogP contribution in [0.3, 0.4) is 0 Å². The summed E-state index contributed by atoms with van der Waals surface area (Å²) < 4.78 is 0. The molecule has 2 N–H and O–H groups in total. The summed E-state index contributed by atoms with van der Waals surface area (Å²) >= 11 is 0. The van der Waals surface area contributed by atoms with Gasteiger partial charge in [-0.05, 0) is 74.3 Å². The minimum absolute atomic E-state index is 0.197. The summed E-state index contributed by atoms with van der Waals surface area (Å²) in [6.45, 7) is 29.4. The zero-order chi connectivity index (χ0) is 40.7. The summed E-state index contributed by atoms with van der Waals surface area (Å²) in [7, 11) is 0. The van der Waals surface area contributed by atoms with E-state index in [4.69, 9.17) is 0 Å². The predicted molar refractivity (Wildman–Crippen MR) is 235 cm³/mol. The normalized spacial score (nSPS) is 12.8. The number of unbranched alkanes of at least 4 members (excludes halogenated alkanes) is 14. The quantitative estimate of drug-likeness (QED) is 0.118. The van der Waals surface area contributed by atoms with Crippen LogP contribution in [0, 0.1) is 0 Å². The van der Waals surface area contributed by atoms with Crippen LogP contribution in [0.15, 0.2) is 24.3 Å². The third kappa shape index (κ3) is 16.3. The predicted octanol–water partition coefficient (Wildman–Crippen LogP) is 14.2. The molecule has 0 spiro atoms. The first kappa shape index (κ1) is 47.7. The second-order valence-electron chi connectivity index (χ2n) is 20.7. The first-order chi connectivity index (χ1) is 25.1. The van der Waals surface area contributed by atoms with Gasteiger partial charge in [0.25, 0.3) is 0 Å². The van der Waals surface area contributed by atoms with Crippen molar-refractivity contribution in [3.05, 3.63) is 57.6 Å². The van der Waals surface area contributed by atoms with E-state index in [0.717, 1.165) is 47.9 Å². The number of aromatic hydroxyl groups is 2. The molecule has 0 saturated carbocycles. The Hall–Kier alpha value is -2.49. The molecular formula is C50H85NO3. The standard InChI is InChI=1S/C50H85NO3/c1-14-15-16-17-18-19-20-21-22-23-24-25-26-27-28-29-44(52)51(32-30-38-34-40(47(2,3)4)45(53)41(35-38)48(5,6)7)33-31-39-36-42(49(8,9)10)46(54)43(37-39)50(11,12)13/h34-37,53-54H,14-33H2,1-13H3. The van der Waals surface area contributed by atoms with Gasteiger partial charge in [0.15, 0.2) is 0 Å². The number of amides is 1. The van der Waals surface area contributed by atoms with Crippen LogP contribution in [-0.2, 0) is 39.3 Å². The van der Waals surface area contributed by atoms with Crippen LogP contribution in [0.4, 0.5) is 0 Å². The summed E-state index contributed by atoms with van der Waals surface area (Å²) in [5, 5.41) is 22.6. The Morgan fingerprint density at radius 1 is 0.463 bits per heavy atom. The number of phenolic OH excluding ortho intramolecular Hbond substituents is 2. The maximum absolute atomic E-state index is 14.0. The molecule has 4 nitrogen and oxygen atoms in total. The van der Waals surface area contributed by atoms with Gasteiger partial charge in [-0.15, -0.1) is 0 Å². The molecule has 0 aliphatic rings. The third-order valence-electron chi connectivity index (χ3n) is 11.3. The zero-order valence-corrected chi connectivity index (χ0v) is 37.7. The van der Waals surface area contributed by atoms with Crippen LogP contribution >= 0.6 is 0 Å². The van der Waals surface area contributed by atoms with Crippen molar-refractivity contribution in [1.82, 2.24) is 4.90 Å². The lowest BCUT2D eigenvalue weighted by molar-refractivity contribution is -0.131. The Bertz CT molecular complexity index is 1250. The van der Waals surface area contributed by atoms with E-state index in [-0.39, 0.29) is 27.6 Å². The average Bonchev–Trinajstić information content (AvgIpc) is 3.05. The lowest BCUT2D eigenvalue weighted by Gasteiger charge is -2.30. The Morgan fingerprint density at radius 2 is 0.722 bits per heavy atom. The van der Waals surface area contributed by atoms with E-state index in [1.54, 1.807) is 0 Å². The fraction of sp³-hybridized carbons (Fsp3) is 0.740. The molecule has 0 aliphatic heterocycles. The highest BCUT2D eigenvalue weighted by Crippen LogP contribution is 2.41. The molecule has 2 aromatic rings. The molecule has 2 rings (SSSR count). The number of benzene rings is 2. The Morgan fingerprint density at radius 3 is 0.981 bits per heavy atom. The van der Waals surface area contributed by atoms with Crippen LogP contribution < -0.4 is 0 Å². The maximum atomic E-state index is 14.0. The lowest BCUT2D eigenvalue weighted by atomic mass is 9.78. The van der Waals surface area contributed by atoms with Gasteiger partial charge < -0.3 is 15.1 Å². The second-order valence-corrected chi connectivity index (χ2v) is 20.7. The molecule has 308 valence electrons. The molecule has 0 radical (unpaired) electrons. The largest absolute Gasteiger partial charge is 0.507 e. The first-order valence-corrected chi connectivity index (χ1v) is 22.1. The van der Waals surface area contributed by atoms with Gasteiger partial charge in [-0.3, -0.25) is 4.79 Å². The van der Waals surface area contributed by atoms with E-state index in [1.165, 1.54) is 94.6 Å². The smallest absolute Gasteiger partial charge is 0.222 e. The van der Waals surface area contributed by atoms with Crippen molar-refractivity contribution in [2.75, 3.05) is 13.1 Å². The molecule has 0 saturated heterocycles. The van der Waals surface area contributed by atoms with Gasteiger partial charge in [-0.2, -0.15) is 0 Å². The molecule has 0 atom stereocenters. The second kappa shape index (κ2) is 21.7. The molecule has 0 bridgehead atoms. The SMILES string of the molecule is CCCCCCCCCCCCCCCCCC(=O)N(CCc1cc(C(C)(C)C)c(O)c(C(C)(C)C)c1)CCc1cc(C(C)(C)C)c(O)c(C(C)(C)C)c1. The van der Waals surface area contributed by atoms with Crippen molar-refractivity contribution >= 4 is 5.91 Å². The number of hydrogen-bond donors (Lipinski definition) is 2. The van der Waals surface area contributed by atoms with Crippen molar-refractivity contribution in [3.8, 4) is 11.5 Å². The van der Waals surface area contributed by atoms with Crippen molar-refractivity contribution in [1.29, 1.82) is 0 Å². The molecule has 54 heavy (non-hydrogen) atoms. The number of carbonyl (C=O) groups excluding carboxylic acids is 1. The van der Waals surface area contributed by atoms with Gasteiger partial charge in [0, 0.05) is 19.5 Å². The van der Waals surface area contributed by atoms with E-state index in [2.05, 4.69) is 119 Å². The maximum Gasteiger partial charge on any atom is 0.222 e. The van der Waals surface area contributed by atoms with Gasteiger partial charge >= 0.3 is 0 Å². The topological polar surface area (TPSA) is 60.8 Å². The summed E-state index contributed by atoms with van der Waals surface area (Å²) in [6, 6.07) is 8.64. The third-order valence-corrected chi connectivity index (χ3v) is 11.3. The minimum Gasteiger partial charge on any atom is -0.507 e. The Balaban J connectivity index is 2.12. The monoisotopic (exact) mass is 748 g/mol. The summed E-state index contributed by atoms with van der Waals surface area (Å²) in [5.41, 5.74) is 5.42. The highest BCUT2D eigenvalue weighted by Gasteiger charge is 2.28. The number of carbonyl (C=O) groups is 1. The molecule has 0 aromatic heterocycles. The first-order valence-electron chi connectivity index (χ1n) is 22.1. The van der Waals surface area contributed by atoms with Gasteiger partial charge in [0.2, 0.25) is 5.91 Å². The van der Waals surface area contributed by atoms with Gasteiger partial charge in [0.1, 0.15) is 11.5 Å². The van der Waals surface area contributed by atoms with Crippen molar-refractivity contribution in [3.63, 3.8) is 0 Å². The van der Waals surface area contributed by atoms with E-state index in [0.29, 0.717) is 31.0 Å². The molecule has 1 amide bonds. The van der Waals surface area contributed by atoms with E-state index in [9.17, 15) is 15.0 Å². The number of nitrogens with zero attached hydrogens (tertiary/aromatic N) is 1. The fourth-order valence-corrected chi connectivity index (χ4v) is 7.66. The van der Waals surface area contributed by atoms with Crippen LogP contribution in [0.1, 0.15) is 226 Å². The number of hydrogen-bond acceptors (Lipinski definition) is 3. The highest BCUT2D eigenvalue weighted by molar-refractivity contribution is 5.76. The number of phenols is 2. The van der Waals surface area contributed by atoms with E-state index < -0.39 is 0 Å². The van der Waals surface area contributed by atoms with E-state index >= 15 is 0 Å². The summed E-state index contributed by atoms with van der Waals surface area (Å²) in [6.07, 6.45) is 21.8. The van der Waals surface area contributed by atoms with Crippen LogP contribution in [-0.4, -0.2) is 34.1 Å². The van der Waals surface area contributed by atoms with Crippen LogP contribution in [0.5, 0.6) is 11.5 Å². The molecule has 4 heteroatoms. The highest BCUT2D eigenvalue weighted by atomic mass is 16.3. The van der Waals surface area contributed by atoms with Gasteiger partial charge in [-0.1, -0.05) is 204 Å². The molecular weight excluding hydrogens is 663 g/mol. The Labute approximate surface area is 334 Å². The molecule has 0 aliphatic carbocycles. The van der Waals surface area contributed by atoms with E-state index in [1.807, 2.05) is 0 Å².